The highest BCUT2D eigenvalue weighted by Gasteiger charge is 2.31. The Morgan fingerprint density at radius 2 is 1.58 bits per heavy atom. The zero-order valence-corrected chi connectivity index (χ0v) is 15.3. The van der Waals surface area contributed by atoms with Crippen LogP contribution >= 0.6 is 0 Å². The van der Waals surface area contributed by atoms with E-state index in [4.69, 9.17) is 20.3 Å². The molecule has 0 amide bonds. The molecule has 0 aliphatic heterocycles. The van der Waals surface area contributed by atoms with Crippen molar-refractivity contribution in [2.45, 2.75) is 72.6 Å². The number of rotatable bonds is 11. The van der Waals surface area contributed by atoms with Crippen LogP contribution in [-0.4, -0.2) is 35.3 Å². The van der Waals surface area contributed by atoms with Crippen LogP contribution < -0.4 is 5.73 Å². The number of ether oxygens (including phenoxy) is 2. The van der Waals surface area contributed by atoms with Crippen LogP contribution in [0.1, 0.15) is 60.3 Å². The summed E-state index contributed by atoms with van der Waals surface area (Å²) >= 11 is 0. The molecule has 7 nitrogen and oxygen atoms in total. The second kappa shape index (κ2) is 11.0. The Balaban J connectivity index is 4.90. The number of hydrogen-bond donors (Lipinski definition) is 2. The molecule has 0 aromatic heterocycles. The van der Waals surface area contributed by atoms with Crippen LogP contribution in [0.2, 0.25) is 0 Å². The van der Waals surface area contributed by atoms with Gasteiger partial charge in [0.05, 0.1) is 12.3 Å². The van der Waals surface area contributed by atoms with Gasteiger partial charge in [-0.15, -0.1) is 0 Å². The third kappa shape index (κ3) is 8.86. The van der Waals surface area contributed by atoms with Crippen molar-refractivity contribution in [1.29, 1.82) is 0 Å². The number of hydrogen-bond acceptors (Lipinski definition) is 6. The van der Waals surface area contributed by atoms with Gasteiger partial charge in [-0.2, -0.15) is 0 Å². The summed E-state index contributed by atoms with van der Waals surface area (Å²) in [6.07, 6.45) is 0.312. The molecule has 0 radical (unpaired) electrons. The van der Waals surface area contributed by atoms with Gasteiger partial charge in [0.2, 0.25) is 6.29 Å². The number of carboxylic acids is 1. The highest BCUT2D eigenvalue weighted by atomic mass is 16.7. The van der Waals surface area contributed by atoms with E-state index in [0.717, 1.165) is 0 Å². The van der Waals surface area contributed by atoms with E-state index in [2.05, 4.69) is 0 Å². The van der Waals surface area contributed by atoms with Gasteiger partial charge < -0.3 is 20.3 Å². The van der Waals surface area contributed by atoms with Gasteiger partial charge in [-0.25, -0.2) is 0 Å². The Kier molecular flexibility index (Phi) is 10.3. The molecule has 0 bridgehead atoms. The first-order valence-corrected chi connectivity index (χ1v) is 8.46. The van der Waals surface area contributed by atoms with Crippen molar-refractivity contribution in [3.05, 3.63) is 0 Å². The fourth-order valence-corrected chi connectivity index (χ4v) is 2.23. The predicted octanol–water partition coefficient (Wildman–Crippen LogP) is 2.32. The minimum atomic E-state index is -1.07. The average molecular weight is 345 g/mol. The molecule has 3 N–H and O–H groups in total. The van der Waals surface area contributed by atoms with Crippen molar-refractivity contribution in [3.63, 3.8) is 0 Å². The highest BCUT2D eigenvalue weighted by molar-refractivity contribution is 5.78. The lowest BCUT2D eigenvalue weighted by Crippen LogP contribution is -2.43. The van der Waals surface area contributed by atoms with Crippen LogP contribution in [-0.2, 0) is 23.9 Å². The first kappa shape index (κ1) is 22.4. The van der Waals surface area contributed by atoms with Gasteiger partial charge in [0.15, 0.2) is 0 Å². The summed E-state index contributed by atoms with van der Waals surface area (Å²) in [5.41, 5.74) is 5.91. The molecule has 3 unspecified atom stereocenters. The van der Waals surface area contributed by atoms with E-state index in [0.29, 0.717) is 19.3 Å². The minimum Gasteiger partial charge on any atom is -0.481 e. The van der Waals surface area contributed by atoms with Crippen molar-refractivity contribution in [2.75, 3.05) is 0 Å². The normalized spacial score (nSPS) is 15.0. The largest absolute Gasteiger partial charge is 0.481 e. The summed E-state index contributed by atoms with van der Waals surface area (Å²) in [5, 5.41) is 9.00. The third-order valence-electron chi connectivity index (χ3n) is 3.48. The van der Waals surface area contributed by atoms with Crippen molar-refractivity contribution < 1.29 is 29.0 Å². The lowest BCUT2D eigenvalue weighted by Gasteiger charge is -2.25. The van der Waals surface area contributed by atoms with E-state index in [1.165, 1.54) is 0 Å². The van der Waals surface area contributed by atoms with Crippen LogP contribution in [0.15, 0.2) is 0 Å². The summed E-state index contributed by atoms with van der Waals surface area (Å²) in [5.74, 6) is -2.88. The van der Waals surface area contributed by atoms with Gasteiger partial charge >= 0.3 is 17.9 Å². The standard InChI is InChI=1S/C17H31NO6/c1-6-7-14(23-16(21)11(4)5)24-17(22)15(18)12(8-10(2)3)9-13(19)20/h10-12,14-15H,6-9,18H2,1-5H3,(H,19,20). The van der Waals surface area contributed by atoms with Crippen LogP contribution in [0, 0.1) is 17.8 Å². The third-order valence-corrected chi connectivity index (χ3v) is 3.48. The van der Waals surface area contributed by atoms with E-state index in [-0.39, 0.29) is 18.3 Å². The number of aliphatic carboxylic acids is 1. The van der Waals surface area contributed by atoms with E-state index >= 15 is 0 Å². The van der Waals surface area contributed by atoms with Gasteiger partial charge in [-0.1, -0.05) is 34.6 Å². The smallest absolute Gasteiger partial charge is 0.326 e. The second-order valence-corrected chi connectivity index (χ2v) is 6.76. The molecule has 0 heterocycles. The number of nitrogens with two attached hydrogens (primary N) is 1. The molecule has 7 heteroatoms. The van der Waals surface area contributed by atoms with Crippen molar-refractivity contribution in [1.82, 2.24) is 0 Å². The van der Waals surface area contributed by atoms with E-state index < -0.39 is 36.2 Å². The van der Waals surface area contributed by atoms with Gasteiger partial charge in [0.1, 0.15) is 6.04 Å². The van der Waals surface area contributed by atoms with Gasteiger partial charge in [0, 0.05) is 6.42 Å². The zero-order chi connectivity index (χ0) is 18.9. The van der Waals surface area contributed by atoms with E-state index in [1.807, 2.05) is 20.8 Å². The van der Waals surface area contributed by atoms with Crippen molar-refractivity contribution >= 4 is 17.9 Å². The number of carbonyl (C=O) groups excluding carboxylic acids is 2. The number of carbonyl (C=O) groups is 3. The predicted molar refractivity (Wildman–Crippen MR) is 88.9 cm³/mol. The molecule has 0 aromatic carbocycles. The Labute approximate surface area is 143 Å². The molecule has 0 aliphatic carbocycles. The van der Waals surface area contributed by atoms with E-state index in [9.17, 15) is 14.4 Å². The van der Waals surface area contributed by atoms with E-state index in [1.54, 1.807) is 13.8 Å². The van der Waals surface area contributed by atoms with Gasteiger partial charge in [-0.05, 0) is 24.7 Å². The first-order chi connectivity index (χ1) is 11.1. The van der Waals surface area contributed by atoms with Crippen molar-refractivity contribution in [2.24, 2.45) is 23.5 Å². The molecule has 0 saturated heterocycles. The Bertz CT molecular complexity index is 421. The lowest BCUT2D eigenvalue weighted by molar-refractivity contribution is -0.193. The molecule has 0 rings (SSSR count). The van der Waals surface area contributed by atoms with Crippen molar-refractivity contribution in [3.8, 4) is 0 Å². The zero-order valence-electron chi connectivity index (χ0n) is 15.3. The molecular weight excluding hydrogens is 314 g/mol. The molecule has 24 heavy (non-hydrogen) atoms. The molecule has 0 spiro atoms. The molecule has 140 valence electrons. The summed E-state index contributed by atoms with van der Waals surface area (Å²) in [6.45, 7) is 9.10. The quantitative estimate of drug-likeness (QED) is 0.436. The Hall–Kier alpha value is -1.63. The fraction of sp³-hybridized carbons (Fsp3) is 0.824. The SMILES string of the molecule is CCCC(OC(=O)C(C)C)OC(=O)C(N)C(CC(=O)O)CC(C)C. The highest BCUT2D eigenvalue weighted by Crippen LogP contribution is 2.20. The average Bonchev–Trinajstić information content (AvgIpc) is 2.44. The Morgan fingerprint density at radius 3 is 2.00 bits per heavy atom. The molecule has 0 fully saturated rings. The lowest BCUT2D eigenvalue weighted by atomic mass is 9.88. The fourth-order valence-electron chi connectivity index (χ4n) is 2.23. The second-order valence-electron chi connectivity index (χ2n) is 6.76. The summed E-state index contributed by atoms with van der Waals surface area (Å²) < 4.78 is 10.4. The van der Waals surface area contributed by atoms with Crippen LogP contribution in [0.4, 0.5) is 0 Å². The monoisotopic (exact) mass is 345 g/mol. The van der Waals surface area contributed by atoms with Crippen LogP contribution in [0.5, 0.6) is 0 Å². The molecule has 0 saturated carbocycles. The number of carboxylic acid groups (broad SMARTS) is 1. The molecule has 0 aliphatic rings. The maximum Gasteiger partial charge on any atom is 0.326 e. The van der Waals surface area contributed by atoms with Crippen LogP contribution in [0.3, 0.4) is 0 Å². The summed E-state index contributed by atoms with van der Waals surface area (Å²) in [6, 6.07) is -1.07. The molecular formula is C17H31NO6. The summed E-state index contributed by atoms with van der Waals surface area (Å²) in [4.78, 5) is 34.9. The first-order valence-electron chi connectivity index (χ1n) is 8.46. The van der Waals surface area contributed by atoms with Gasteiger partial charge in [-0.3, -0.25) is 14.4 Å². The topological polar surface area (TPSA) is 116 Å². The van der Waals surface area contributed by atoms with Crippen LogP contribution in [0.25, 0.3) is 0 Å². The molecule has 3 atom stereocenters. The Morgan fingerprint density at radius 1 is 1.04 bits per heavy atom. The maximum atomic E-state index is 12.3. The maximum absolute atomic E-state index is 12.3. The number of esters is 2. The van der Waals surface area contributed by atoms with Gasteiger partial charge in [0.25, 0.3) is 0 Å². The minimum absolute atomic E-state index is 0.193. The molecule has 0 aromatic rings. The summed E-state index contributed by atoms with van der Waals surface area (Å²) in [7, 11) is 0.